The van der Waals surface area contributed by atoms with Crippen molar-refractivity contribution < 1.29 is 0 Å². The highest BCUT2D eigenvalue weighted by Gasteiger charge is 2.22. The van der Waals surface area contributed by atoms with Crippen molar-refractivity contribution in [1.82, 2.24) is 18.5 Å². The minimum atomic E-state index is -0.0420. The molecule has 0 aliphatic heterocycles. The molecule has 0 fully saturated rings. The Morgan fingerprint density at radius 3 is 1.72 bits per heavy atom. The number of thiophene rings is 1. The Morgan fingerprint density at radius 2 is 1.02 bits per heavy atom. The van der Waals surface area contributed by atoms with Crippen molar-refractivity contribution in [3.05, 3.63) is 180 Å². The van der Waals surface area contributed by atoms with E-state index in [0.29, 0.717) is 11.2 Å². The lowest BCUT2D eigenvalue weighted by molar-refractivity contribution is 1.13. The molecule has 0 bridgehead atoms. The van der Waals surface area contributed by atoms with E-state index < -0.39 is 0 Å². The molecule has 12 rings (SSSR count). The third kappa shape index (κ3) is 4.03. The van der Waals surface area contributed by atoms with Crippen molar-refractivity contribution in [2.24, 2.45) is 0 Å². The van der Waals surface area contributed by atoms with Gasteiger partial charge in [0.1, 0.15) is 10.8 Å². The molecular formula is C48H28N4OS. The highest BCUT2D eigenvalue weighted by Crippen LogP contribution is 2.42. The highest BCUT2D eigenvalue weighted by atomic mass is 32.1. The highest BCUT2D eigenvalue weighted by molar-refractivity contribution is 7.22. The quantitative estimate of drug-likeness (QED) is 0.183. The zero-order chi connectivity index (χ0) is 35.5. The van der Waals surface area contributed by atoms with Crippen molar-refractivity contribution in [2.45, 2.75) is 0 Å². The van der Waals surface area contributed by atoms with Crippen LogP contribution in [0.4, 0.5) is 0 Å². The number of hydrogen-bond acceptors (Lipinski definition) is 3. The minimum absolute atomic E-state index is 0.0420. The van der Waals surface area contributed by atoms with E-state index in [-0.39, 0.29) is 5.56 Å². The predicted molar refractivity (Wildman–Crippen MR) is 225 cm³/mol. The second kappa shape index (κ2) is 11.0. The normalized spacial score (nSPS) is 12.1. The first-order valence-corrected chi connectivity index (χ1v) is 18.9. The van der Waals surface area contributed by atoms with Crippen LogP contribution in [-0.4, -0.2) is 18.5 Å². The van der Waals surface area contributed by atoms with Crippen molar-refractivity contribution in [2.75, 3.05) is 0 Å². The monoisotopic (exact) mass is 708 g/mol. The predicted octanol–water partition coefficient (Wildman–Crippen LogP) is 12.0. The first-order valence-electron chi connectivity index (χ1n) is 18.1. The fourth-order valence-electron chi connectivity index (χ4n) is 8.65. The largest absolute Gasteiger partial charge is 0.309 e. The van der Waals surface area contributed by atoms with Crippen LogP contribution < -0.4 is 5.56 Å². The molecule has 0 radical (unpaired) electrons. The number of pyridine rings is 1. The summed E-state index contributed by atoms with van der Waals surface area (Å²) < 4.78 is 7.48. The molecule has 54 heavy (non-hydrogen) atoms. The van der Waals surface area contributed by atoms with Gasteiger partial charge in [0.15, 0.2) is 0 Å². The van der Waals surface area contributed by atoms with Gasteiger partial charge in [0.25, 0.3) is 5.56 Å². The van der Waals surface area contributed by atoms with Crippen molar-refractivity contribution >= 4 is 81.5 Å². The molecule has 6 heteroatoms. The molecule has 0 N–H and O–H groups in total. The molecule has 0 aliphatic carbocycles. The molecule has 0 saturated carbocycles. The first kappa shape index (κ1) is 29.5. The van der Waals surface area contributed by atoms with Crippen LogP contribution in [0.15, 0.2) is 175 Å². The fraction of sp³-hybridized carbons (Fsp3) is 0. The average Bonchev–Trinajstić information content (AvgIpc) is 4.00. The maximum Gasteiger partial charge on any atom is 0.265 e. The summed E-state index contributed by atoms with van der Waals surface area (Å²) in [4.78, 5) is 19.4. The van der Waals surface area contributed by atoms with Crippen molar-refractivity contribution in [3.63, 3.8) is 0 Å². The van der Waals surface area contributed by atoms with Gasteiger partial charge in [0.2, 0.25) is 0 Å². The minimum Gasteiger partial charge on any atom is -0.309 e. The summed E-state index contributed by atoms with van der Waals surface area (Å²) in [6.45, 7) is 0. The van der Waals surface area contributed by atoms with Gasteiger partial charge in [-0.05, 0) is 71.8 Å². The molecule has 0 atom stereocenters. The van der Waals surface area contributed by atoms with Gasteiger partial charge in [-0.2, -0.15) is 0 Å². The zero-order valence-corrected chi connectivity index (χ0v) is 29.6. The van der Waals surface area contributed by atoms with Crippen LogP contribution >= 0.6 is 11.3 Å². The van der Waals surface area contributed by atoms with Crippen molar-refractivity contribution in [1.29, 1.82) is 0 Å². The van der Waals surface area contributed by atoms with Crippen LogP contribution in [0, 0.1) is 0 Å². The lowest BCUT2D eigenvalue weighted by Crippen LogP contribution is -2.13. The summed E-state index contributed by atoms with van der Waals surface area (Å²) in [5.41, 5.74) is 10.7. The molecule has 0 spiro atoms. The Balaban J connectivity index is 1.06. The fourth-order valence-corrected chi connectivity index (χ4v) is 9.86. The average molecular weight is 709 g/mol. The van der Waals surface area contributed by atoms with E-state index in [1.807, 2.05) is 46.9 Å². The van der Waals surface area contributed by atoms with E-state index in [4.69, 9.17) is 4.98 Å². The molecular weight excluding hydrogens is 681 g/mol. The summed E-state index contributed by atoms with van der Waals surface area (Å²) in [5, 5.41) is 7.58. The molecule has 252 valence electrons. The Hall–Kier alpha value is -7.02. The van der Waals surface area contributed by atoms with Crippen LogP contribution in [0.25, 0.3) is 103 Å². The van der Waals surface area contributed by atoms with Crippen LogP contribution in [0.5, 0.6) is 0 Å². The molecule has 5 heterocycles. The van der Waals surface area contributed by atoms with Gasteiger partial charge in [-0.15, -0.1) is 11.3 Å². The van der Waals surface area contributed by atoms with Crippen LogP contribution in [0.2, 0.25) is 0 Å². The molecule has 0 unspecified atom stereocenters. The van der Waals surface area contributed by atoms with E-state index >= 15 is 0 Å². The van der Waals surface area contributed by atoms with Gasteiger partial charge >= 0.3 is 0 Å². The molecule has 7 aromatic carbocycles. The number of nitrogens with zero attached hydrogens (tertiary/aromatic N) is 4. The third-order valence-electron chi connectivity index (χ3n) is 11.0. The Labute approximate surface area is 312 Å². The smallest absolute Gasteiger partial charge is 0.265 e. The van der Waals surface area contributed by atoms with E-state index in [2.05, 4.69) is 137 Å². The lowest BCUT2D eigenvalue weighted by atomic mass is 10.0. The molecule has 12 aromatic rings. The number of benzene rings is 7. The number of aromatic nitrogens is 4. The summed E-state index contributed by atoms with van der Waals surface area (Å²) >= 11 is 1.67. The number of para-hydroxylation sites is 4. The third-order valence-corrected chi connectivity index (χ3v) is 12.2. The second-order valence-corrected chi connectivity index (χ2v) is 15.0. The topological polar surface area (TPSA) is 44.2 Å². The second-order valence-electron chi connectivity index (χ2n) is 13.9. The summed E-state index contributed by atoms with van der Waals surface area (Å²) in [5.74, 6) is 0.675. The van der Waals surface area contributed by atoms with Crippen LogP contribution in [0.3, 0.4) is 0 Å². The van der Waals surface area contributed by atoms with Crippen LogP contribution in [0.1, 0.15) is 0 Å². The SMILES string of the molecule is O=c1c2cc(-n3c4ccccc4c4cc(-c5ccc6c(c5)c5ccccc5n6-c5ccccc5)ccc43)sc2c2cccc3nc(-c4ccccc4)n1c32. The van der Waals surface area contributed by atoms with E-state index in [1.54, 1.807) is 11.3 Å². The van der Waals surface area contributed by atoms with E-state index in [9.17, 15) is 4.79 Å². The Bertz CT molecular complexity index is 3520. The lowest BCUT2D eigenvalue weighted by Gasteiger charge is -2.08. The standard InChI is InChI=1S/C48H28N4OS/c53-48-38-28-44(54-46(38)35-18-11-19-39-45(35)52(48)47(49-39)29-12-3-1-4-13-29)51-41-21-10-8-17-34(41)37-27-31(23-25-43(37)51)30-22-24-42-36(26-30)33-16-7-9-20-40(33)50(42)32-14-5-2-6-15-32/h1-28H. The molecule has 5 aromatic heterocycles. The van der Waals surface area contributed by atoms with Gasteiger partial charge in [-0.1, -0.05) is 109 Å². The molecule has 0 saturated heterocycles. The van der Waals surface area contributed by atoms with E-state index in [0.717, 1.165) is 54.0 Å². The maximum atomic E-state index is 14.4. The zero-order valence-electron chi connectivity index (χ0n) is 28.8. The van der Waals surface area contributed by atoms with Gasteiger partial charge < -0.3 is 9.13 Å². The van der Waals surface area contributed by atoms with Gasteiger partial charge in [0, 0.05) is 38.2 Å². The molecule has 0 aliphatic rings. The molecule has 0 amide bonds. The number of hydrogen-bond donors (Lipinski definition) is 0. The summed E-state index contributed by atoms with van der Waals surface area (Å²) in [6, 6.07) is 59.7. The maximum absolute atomic E-state index is 14.4. The Kier molecular flexibility index (Phi) is 6.02. The number of fused-ring (bicyclic) bond motifs is 8. The van der Waals surface area contributed by atoms with Crippen LogP contribution in [-0.2, 0) is 0 Å². The summed E-state index contributed by atoms with van der Waals surface area (Å²) in [7, 11) is 0. The van der Waals surface area contributed by atoms with E-state index in [1.165, 1.54) is 38.1 Å². The Morgan fingerprint density at radius 1 is 0.444 bits per heavy atom. The molecule has 5 nitrogen and oxygen atoms in total. The van der Waals surface area contributed by atoms with Crippen molar-refractivity contribution in [3.8, 4) is 33.2 Å². The van der Waals surface area contributed by atoms with Gasteiger partial charge in [-0.3, -0.25) is 9.20 Å². The number of rotatable bonds is 4. The summed E-state index contributed by atoms with van der Waals surface area (Å²) in [6.07, 6.45) is 0. The first-order chi connectivity index (χ1) is 26.7. The van der Waals surface area contributed by atoms with Gasteiger partial charge in [-0.25, -0.2) is 4.98 Å². The number of imidazole rings is 1. The van der Waals surface area contributed by atoms with Gasteiger partial charge in [0.05, 0.1) is 43.2 Å².